The summed E-state index contributed by atoms with van der Waals surface area (Å²) in [7, 11) is 3.43. The number of H-pyrrole nitrogens is 1. The summed E-state index contributed by atoms with van der Waals surface area (Å²) in [5.41, 5.74) is 4.06. The highest BCUT2D eigenvalue weighted by Crippen LogP contribution is 2.47. The van der Waals surface area contributed by atoms with Gasteiger partial charge in [0.15, 0.2) is 17.5 Å². The van der Waals surface area contributed by atoms with Crippen LogP contribution in [-0.4, -0.2) is 44.2 Å². The summed E-state index contributed by atoms with van der Waals surface area (Å²) in [5.74, 6) is 0.393. The number of aliphatic imine (C=N–C) groups is 1. The van der Waals surface area contributed by atoms with Crippen LogP contribution in [0, 0.1) is 24.5 Å². The third-order valence-corrected chi connectivity index (χ3v) is 8.21. The van der Waals surface area contributed by atoms with Crippen LogP contribution in [0.1, 0.15) is 71.0 Å². The van der Waals surface area contributed by atoms with Crippen molar-refractivity contribution < 1.29 is 13.9 Å². The van der Waals surface area contributed by atoms with E-state index in [1.165, 1.54) is 28.8 Å². The van der Waals surface area contributed by atoms with Crippen LogP contribution in [0.25, 0.3) is 5.57 Å². The molecule has 4 rings (SSSR count). The third kappa shape index (κ3) is 6.78. The average molecular weight is 598 g/mol. The number of anilines is 2. The molecule has 0 unspecified atom stereocenters. The normalized spacial score (nSPS) is 15.5. The van der Waals surface area contributed by atoms with Gasteiger partial charge in [-0.15, -0.1) is 11.8 Å². The number of aryl methyl sites for hydroxylation is 2. The van der Waals surface area contributed by atoms with Crippen LogP contribution >= 0.6 is 11.8 Å². The van der Waals surface area contributed by atoms with Crippen molar-refractivity contribution in [1.29, 1.82) is 0 Å². The van der Waals surface area contributed by atoms with Crippen LogP contribution in [0.15, 0.2) is 51.1 Å². The molecule has 2 aromatic heterocycles. The van der Waals surface area contributed by atoms with Gasteiger partial charge < -0.3 is 15.3 Å². The molecule has 42 heavy (non-hydrogen) atoms. The molecule has 3 N–H and O–H groups in total. The van der Waals surface area contributed by atoms with Crippen molar-refractivity contribution in [2.45, 2.75) is 71.3 Å². The summed E-state index contributed by atoms with van der Waals surface area (Å²) in [6, 6.07) is 6.46. The Bertz CT molecular complexity index is 1530. The second-order valence-corrected chi connectivity index (χ2v) is 12.2. The largest absolute Gasteiger partial charge is 0.384 e. The molecule has 0 aliphatic heterocycles. The van der Waals surface area contributed by atoms with E-state index in [9.17, 15) is 5.11 Å². The molecule has 1 saturated carbocycles. The van der Waals surface area contributed by atoms with Crippen molar-refractivity contribution in [2.75, 3.05) is 23.5 Å². The molecule has 0 spiro atoms. The van der Waals surface area contributed by atoms with Crippen molar-refractivity contribution in [2.24, 2.45) is 18.0 Å². The average Bonchev–Trinajstić information content (AvgIpc) is 3.55. The summed E-state index contributed by atoms with van der Waals surface area (Å²) >= 11 is 1.28. The Labute approximate surface area is 251 Å². The first-order valence-electron chi connectivity index (χ1n) is 14.1. The molecule has 0 radical (unpaired) electrons. The second kappa shape index (κ2) is 12.4. The zero-order chi connectivity index (χ0) is 30.9. The number of nitrogens with zero attached hydrogens (tertiary/aromatic N) is 5. The standard InChI is InChI=1S/C31H41F2N7OS/c1-10-17(2)27(24-16-25(31(5,6)41)40(8)38-24)28(20-11-12-20)30(35-26-13-18(3)36-37-26)34-19(4)39(7)29-22(32)14-21(42-9)15-23(29)33/h13-16,20,41H,10-12H2,1-9H3,(H2,35,36,37)/b27-17+,30-28+,34-19+. The van der Waals surface area contributed by atoms with Gasteiger partial charge in [0.05, 0.1) is 11.4 Å². The summed E-state index contributed by atoms with van der Waals surface area (Å²) in [6.07, 6.45) is 4.49. The number of benzene rings is 1. The predicted molar refractivity (Wildman–Crippen MR) is 168 cm³/mol. The minimum Gasteiger partial charge on any atom is -0.384 e. The van der Waals surface area contributed by atoms with Crippen LogP contribution in [-0.2, 0) is 12.6 Å². The maximum absolute atomic E-state index is 15.1. The fourth-order valence-corrected chi connectivity index (χ4v) is 5.39. The fraction of sp³-hybridized carbons (Fsp3) is 0.452. The second-order valence-electron chi connectivity index (χ2n) is 11.4. The number of aromatic amines is 1. The Kier molecular flexibility index (Phi) is 9.32. The zero-order valence-electron chi connectivity index (χ0n) is 25.9. The lowest BCUT2D eigenvalue weighted by Crippen LogP contribution is -2.26. The number of allylic oxidation sites excluding steroid dienone is 3. The number of rotatable bonds is 10. The van der Waals surface area contributed by atoms with Gasteiger partial charge in [-0.25, -0.2) is 13.8 Å². The molecule has 2 heterocycles. The van der Waals surface area contributed by atoms with E-state index in [4.69, 9.17) is 10.1 Å². The molecule has 8 nitrogen and oxygen atoms in total. The molecule has 0 bridgehead atoms. The van der Waals surface area contributed by atoms with E-state index in [0.717, 1.165) is 47.4 Å². The SMILES string of the molecule is CC/C(C)=C(/C(=C(\N=C(/C)N(C)c1c(F)cc(SC)cc1F)Nc1cc(C)[nH]n1)C1CC1)c1cc(C(C)(C)O)n(C)n1. The van der Waals surface area contributed by atoms with Crippen molar-refractivity contribution in [1.82, 2.24) is 20.0 Å². The van der Waals surface area contributed by atoms with Gasteiger partial charge in [0.25, 0.3) is 0 Å². The van der Waals surface area contributed by atoms with Crippen LogP contribution in [0.2, 0.25) is 0 Å². The Hall–Kier alpha value is -3.44. The van der Waals surface area contributed by atoms with E-state index < -0.39 is 17.2 Å². The summed E-state index contributed by atoms with van der Waals surface area (Å²) in [6.45, 7) is 11.3. The predicted octanol–water partition coefficient (Wildman–Crippen LogP) is 7.15. The number of hydrogen-bond donors (Lipinski definition) is 3. The maximum Gasteiger partial charge on any atom is 0.153 e. The van der Waals surface area contributed by atoms with Gasteiger partial charge in [-0.2, -0.15) is 10.2 Å². The smallest absolute Gasteiger partial charge is 0.153 e. The first-order chi connectivity index (χ1) is 19.7. The lowest BCUT2D eigenvalue weighted by molar-refractivity contribution is 0.0695. The number of hydrogen-bond acceptors (Lipinski definition) is 6. The monoisotopic (exact) mass is 597 g/mol. The topological polar surface area (TPSA) is 94.4 Å². The number of aromatic nitrogens is 4. The van der Waals surface area contributed by atoms with E-state index in [1.54, 1.807) is 38.8 Å². The minimum absolute atomic E-state index is 0.169. The summed E-state index contributed by atoms with van der Waals surface area (Å²) in [4.78, 5) is 6.92. The Morgan fingerprint density at radius 3 is 2.33 bits per heavy atom. The lowest BCUT2D eigenvalue weighted by atomic mass is 9.91. The van der Waals surface area contributed by atoms with E-state index in [-0.39, 0.29) is 11.6 Å². The minimum atomic E-state index is -1.08. The molecule has 1 aromatic carbocycles. The van der Waals surface area contributed by atoms with E-state index >= 15 is 8.78 Å². The zero-order valence-corrected chi connectivity index (χ0v) is 26.7. The maximum atomic E-state index is 15.1. The molecule has 1 fully saturated rings. The lowest BCUT2D eigenvalue weighted by Gasteiger charge is -2.23. The molecule has 1 aliphatic rings. The summed E-state index contributed by atoms with van der Waals surface area (Å²) < 4.78 is 31.9. The number of halogens is 2. The van der Waals surface area contributed by atoms with E-state index in [1.807, 2.05) is 26.1 Å². The highest BCUT2D eigenvalue weighted by molar-refractivity contribution is 7.98. The van der Waals surface area contributed by atoms with Crippen molar-refractivity contribution in [3.63, 3.8) is 0 Å². The van der Waals surface area contributed by atoms with Gasteiger partial charge in [-0.05, 0) is 84.3 Å². The number of nitrogens with one attached hydrogen (secondary N) is 2. The molecule has 11 heteroatoms. The fourth-order valence-electron chi connectivity index (χ4n) is 4.95. The Morgan fingerprint density at radius 1 is 1.21 bits per heavy atom. The summed E-state index contributed by atoms with van der Waals surface area (Å²) in [5, 5.41) is 26.4. The first-order valence-corrected chi connectivity index (χ1v) is 15.3. The van der Waals surface area contributed by atoms with Gasteiger partial charge in [0.1, 0.15) is 22.9 Å². The van der Waals surface area contributed by atoms with Gasteiger partial charge >= 0.3 is 0 Å². The molecule has 1 aliphatic carbocycles. The number of amidine groups is 1. The van der Waals surface area contributed by atoms with Crippen LogP contribution < -0.4 is 10.2 Å². The molecular weight excluding hydrogens is 556 g/mol. The molecule has 0 atom stereocenters. The van der Waals surface area contributed by atoms with Crippen LogP contribution in [0.3, 0.4) is 0 Å². The van der Waals surface area contributed by atoms with E-state index in [2.05, 4.69) is 29.4 Å². The quantitative estimate of drug-likeness (QED) is 0.0995. The molecule has 0 amide bonds. The first kappa shape index (κ1) is 31.5. The third-order valence-electron chi connectivity index (χ3n) is 7.50. The van der Waals surface area contributed by atoms with Gasteiger partial charge in [-0.1, -0.05) is 12.5 Å². The molecule has 226 valence electrons. The number of aliphatic hydroxyl groups is 1. The highest BCUT2D eigenvalue weighted by Gasteiger charge is 2.35. The van der Waals surface area contributed by atoms with Crippen molar-refractivity contribution in [3.05, 3.63) is 69.9 Å². The molecule has 0 saturated heterocycles. The highest BCUT2D eigenvalue weighted by atomic mass is 32.2. The van der Waals surface area contributed by atoms with Crippen LogP contribution in [0.4, 0.5) is 20.3 Å². The van der Waals surface area contributed by atoms with Crippen LogP contribution in [0.5, 0.6) is 0 Å². The Balaban J connectivity index is 1.94. The van der Waals surface area contributed by atoms with Crippen molar-refractivity contribution in [3.8, 4) is 0 Å². The number of thioether (sulfide) groups is 1. The molecule has 3 aromatic rings. The van der Waals surface area contributed by atoms with Crippen molar-refractivity contribution >= 4 is 34.7 Å². The van der Waals surface area contributed by atoms with Gasteiger partial charge in [0, 0.05) is 41.9 Å². The van der Waals surface area contributed by atoms with Gasteiger partial charge in [-0.3, -0.25) is 9.78 Å². The molecular formula is C31H41F2N7OS. The van der Waals surface area contributed by atoms with E-state index in [0.29, 0.717) is 28.1 Å². The Morgan fingerprint density at radius 2 is 1.86 bits per heavy atom. The van der Waals surface area contributed by atoms with Gasteiger partial charge in [0.2, 0.25) is 0 Å².